The van der Waals surface area contributed by atoms with Gasteiger partial charge in [0.15, 0.2) is 17.4 Å². The van der Waals surface area contributed by atoms with Crippen LogP contribution in [0.3, 0.4) is 0 Å². The molecule has 0 amide bonds. The summed E-state index contributed by atoms with van der Waals surface area (Å²) in [5.41, 5.74) is 1.09. The van der Waals surface area contributed by atoms with E-state index in [4.69, 9.17) is 0 Å². The predicted octanol–water partition coefficient (Wildman–Crippen LogP) is 7.77. The lowest BCUT2D eigenvalue weighted by Gasteiger charge is -2.07. The molecule has 1 nitrogen and oxygen atoms in total. The summed E-state index contributed by atoms with van der Waals surface area (Å²) in [7, 11) is 0. The highest BCUT2D eigenvalue weighted by atomic mass is 19.3. The van der Waals surface area contributed by atoms with E-state index in [2.05, 4.69) is 23.5 Å². The van der Waals surface area contributed by atoms with Crippen molar-refractivity contribution in [3.63, 3.8) is 0 Å². The summed E-state index contributed by atoms with van der Waals surface area (Å²) in [5.74, 6) is 0.708. The number of aryl methyl sites for hydroxylation is 1. The number of alkyl halides is 2. The average Bonchev–Trinajstić information content (AvgIpc) is 2.75. The molecule has 168 valence electrons. The fourth-order valence-corrected chi connectivity index (χ4v) is 3.50. The highest BCUT2D eigenvalue weighted by Crippen LogP contribution is 2.26. The summed E-state index contributed by atoms with van der Waals surface area (Å²) in [6, 6.07) is 10.4. The maximum absolute atomic E-state index is 14.9. The van der Waals surface area contributed by atoms with Crippen molar-refractivity contribution in [3.8, 4) is 17.6 Å². The van der Waals surface area contributed by atoms with Gasteiger partial charge >= 0.3 is 6.61 Å². The Morgan fingerprint density at radius 1 is 0.844 bits per heavy atom. The molecule has 0 fully saturated rings. The first-order chi connectivity index (χ1) is 15.4. The second kappa shape index (κ2) is 11.0. The maximum Gasteiger partial charge on any atom is 0.387 e. The Balaban J connectivity index is 1.79. The number of halogens is 5. The molecule has 0 bridgehead atoms. The molecule has 0 saturated carbocycles. The van der Waals surface area contributed by atoms with Crippen LogP contribution in [0.2, 0.25) is 0 Å². The summed E-state index contributed by atoms with van der Waals surface area (Å²) in [6.07, 6.45) is 6.85. The van der Waals surface area contributed by atoms with Crippen LogP contribution in [0.5, 0.6) is 5.75 Å². The number of ether oxygens (including phenoxy) is 1. The molecule has 3 aromatic rings. The third-order valence-electron chi connectivity index (χ3n) is 5.13. The Morgan fingerprint density at radius 3 is 2.25 bits per heavy atom. The van der Waals surface area contributed by atoms with E-state index in [9.17, 15) is 22.0 Å². The zero-order chi connectivity index (χ0) is 23.1. The number of fused-ring (bicyclic) bond motifs is 1. The summed E-state index contributed by atoms with van der Waals surface area (Å²) < 4.78 is 70.8. The fourth-order valence-electron chi connectivity index (χ4n) is 3.50. The number of benzene rings is 3. The minimum atomic E-state index is -3.36. The van der Waals surface area contributed by atoms with Gasteiger partial charge in [0.2, 0.25) is 0 Å². The lowest BCUT2D eigenvalue weighted by molar-refractivity contribution is -0.0546. The van der Waals surface area contributed by atoms with Gasteiger partial charge < -0.3 is 4.74 Å². The molecule has 0 heterocycles. The number of hydrogen-bond acceptors (Lipinski definition) is 1. The Labute approximate surface area is 184 Å². The van der Waals surface area contributed by atoms with E-state index in [-0.39, 0.29) is 11.1 Å². The molecular weight excluding hydrogens is 423 g/mol. The van der Waals surface area contributed by atoms with Crippen LogP contribution in [-0.4, -0.2) is 6.61 Å². The molecule has 0 radical (unpaired) electrons. The molecule has 0 aliphatic heterocycles. The molecule has 0 atom stereocenters. The third kappa shape index (κ3) is 6.00. The van der Waals surface area contributed by atoms with Crippen molar-refractivity contribution >= 4 is 10.8 Å². The molecule has 3 aromatic carbocycles. The van der Waals surface area contributed by atoms with Gasteiger partial charge in [-0.1, -0.05) is 68.7 Å². The molecule has 0 saturated heterocycles. The van der Waals surface area contributed by atoms with Crippen LogP contribution < -0.4 is 4.74 Å². The largest absolute Gasteiger partial charge is 0.429 e. The Hall–Kier alpha value is -3.07. The highest BCUT2D eigenvalue weighted by Gasteiger charge is 2.16. The molecule has 0 N–H and O–H groups in total. The van der Waals surface area contributed by atoms with Gasteiger partial charge in [0.1, 0.15) is 5.82 Å². The van der Waals surface area contributed by atoms with E-state index in [1.54, 1.807) is 12.1 Å². The molecule has 0 aliphatic carbocycles. The van der Waals surface area contributed by atoms with Crippen molar-refractivity contribution in [3.05, 3.63) is 76.6 Å². The van der Waals surface area contributed by atoms with E-state index < -0.39 is 29.8 Å². The van der Waals surface area contributed by atoms with Gasteiger partial charge in [-0.05, 0) is 42.0 Å². The van der Waals surface area contributed by atoms with Gasteiger partial charge in [0, 0.05) is 10.9 Å². The van der Waals surface area contributed by atoms with Crippen molar-refractivity contribution in [1.82, 2.24) is 0 Å². The average molecular weight is 446 g/mol. The van der Waals surface area contributed by atoms with E-state index in [0.29, 0.717) is 5.39 Å². The van der Waals surface area contributed by atoms with Gasteiger partial charge in [0.05, 0.1) is 5.56 Å². The Kier molecular flexibility index (Phi) is 8.10. The number of hydrogen-bond donors (Lipinski definition) is 0. The van der Waals surface area contributed by atoms with Crippen LogP contribution in [0.25, 0.3) is 10.8 Å². The van der Waals surface area contributed by atoms with Gasteiger partial charge in [-0.25, -0.2) is 13.2 Å². The molecule has 0 unspecified atom stereocenters. The third-order valence-corrected chi connectivity index (χ3v) is 5.13. The van der Waals surface area contributed by atoms with E-state index >= 15 is 0 Å². The monoisotopic (exact) mass is 446 g/mol. The van der Waals surface area contributed by atoms with Crippen molar-refractivity contribution in [2.75, 3.05) is 0 Å². The van der Waals surface area contributed by atoms with Crippen LogP contribution in [0.4, 0.5) is 22.0 Å². The summed E-state index contributed by atoms with van der Waals surface area (Å²) in [4.78, 5) is 0. The Bertz CT molecular complexity index is 1120. The van der Waals surface area contributed by atoms with E-state index in [1.165, 1.54) is 31.7 Å². The quantitative estimate of drug-likeness (QED) is 0.195. The standard InChI is InChI=1S/C26H23F5O/c1-2-3-4-5-6-7-17-9-13-21-20(14-17)12-11-19(24(21)29)10-8-18-15-22(27)25(23(28)16-18)32-26(30)31/h9,11-16,26H,2-7H2,1H3. The normalized spacial score (nSPS) is 11.0. The second-order valence-electron chi connectivity index (χ2n) is 7.54. The van der Waals surface area contributed by atoms with Crippen LogP contribution in [0, 0.1) is 29.3 Å². The molecule has 0 aliphatic rings. The van der Waals surface area contributed by atoms with E-state index in [0.717, 1.165) is 35.9 Å². The smallest absolute Gasteiger partial charge is 0.387 e. The van der Waals surface area contributed by atoms with Crippen LogP contribution in [-0.2, 0) is 6.42 Å². The van der Waals surface area contributed by atoms with Gasteiger partial charge in [0.25, 0.3) is 0 Å². The first kappa shape index (κ1) is 23.6. The van der Waals surface area contributed by atoms with E-state index in [1.807, 2.05) is 12.1 Å². The topological polar surface area (TPSA) is 9.23 Å². The molecule has 0 aromatic heterocycles. The van der Waals surface area contributed by atoms with Crippen molar-refractivity contribution in [2.24, 2.45) is 0 Å². The van der Waals surface area contributed by atoms with Crippen molar-refractivity contribution < 1.29 is 26.7 Å². The minimum absolute atomic E-state index is 0.0681. The molecule has 6 heteroatoms. The molecular formula is C26H23F5O. The highest BCUT2D eigenvalue weighted by molar-refractivity contribution is 5.85. The summed E-state index contributed by atoms with van der Waals surface area (Å²) in [6.45, 7) is -1.18. The molecule has 3 rings (SSSR count). The van der Waals surface area contributed by atoms with Crippen molar-refractivity contribution in [1.29, 1.82) is 0 Å². The zero-order valence-corrected chi connectivity index (χ0v) is 17.7. The summed E-state index contributed by atoms with van der Waals surface area (Å²) >= 11 is 0. The van der Waals surface area contributed by atoms with Gasteiger partial charge in [-0.3, -0.25) is 0 Å². The van der Waals surface area contributed by atoms with Crippen LogP contribution in [0.1, 0.15) is 55.7 Å². The van der Waals surface area contributed by atoms with Crippen LogP contribution in [0.15, 0.2) is 42.5 Å². The van der Waals surface area contributed by atoms with Crippen LogP contribution >= 0.6 is 0 Å². The lowest BCUT2D eigenvalue weighted by atomic mass is 10.00. The number of unbranched alkanes of at least 4 members (excludes halogenated alkanes) is 4. The minimum Gasteiger partial charge on any atom is -0.429 e. The predicted molar refractivity (Wildman–Crippen MR) is 115 cm³/mol. The second-order valence-corrected chi connectivity index (χ2v) is 7.54. The first-order valence-electron chi connectivity index (χ1n) is 10.6. The van der Waals surface area contributed by atoms with Crippen molar-refractivity contribution in [2.45, 2.75) is 52.1 Å². The SMILES string of the molecule is CCCCCCCc1ccc2c(F)c(C#Cc3cc(F)c(OC(F)F)c(F)c3)ccc2c1. The van der Waals surface area contributed by atoms with Gasteiger partial charge in [-0.2, -0.15) is 8.78 Å². The number of rotatable bonds is 8. The first-order valence-corrected chi connectivity index (χ1v) is 10.6. The lowest BCUT2D eigenvalue weighted by Crippen LogP contribution is -2.06. The zero-order valence-electron chi connectivity index (χ0n) is 17.7. The van der Waals surface area contributed by atoms with Gasteiger partial charge in [-0.15, -0.1) is 0 Å². The fraction of sp³-hybridized carbons (Fsp3) is 0.308. The maximum atomic E-state index is 14.9. The molecule has 0 spiro atoms. The summed E-state index contributed by atoms with van der Waals surface area (Å²) in [5, 5.41) is 1.16. The molecule has 32 heavy (non-hydrogen) atoms. The Morgan fingerprint density at radius 2 is 1.56 bits per heavy atom.